The largest absolute Gasteiger partial charge is 0.481 e. The number of aryl methyl sites for hydroxylation is 2. The molecule has 0 bridgehead atoms. The monoisotopic (exact) mass is 385 g/mol. The van der Waals surface area contributed by atoms with E-state index in [1.54, 1.807) is 13.3 Å². The lowest BCUT2D eigenvalue weighted by Gasteiger charge is -2.19. The number of hydrogen-bond acceptors (Lipinski definition) is 4. The Balaban J connectivity index is 1.73. The Morgan fingerprint density at radius 3 is 2.85 bits per heavy atom. The van der Waals surface area contributed by atoms with E-state index in [0.717, 1.165) is 54.5 Å². The first-order valence-corrected chi connectivity index (χ1v) is 10.4. The van der Waals surface area contributed by atoms with Gasteiger partial charge in [0.1, 0.15) is 11.0 Å². The molecule has 6 nitrogen and oxygen atoms in total. The van der Waals surface area contributed by atoms with Crippen LogP contribution in [0.5, 0.6) is 5.88 Å². The Bertz CT molecular complexity index is 925. The number of nitrogens with one attached hydrogen (secondary N) is 2. The van der Waals surface area contributed by atoms with E-state index >= 15 is 0 Å². The minimum Gasteiger partial charge on any atom is -0.481 e. The standard InChI is InChI=1S/C20H23N3O3S/c1-12-10-13-4-3-5-16(13)19(22-20(24)23-27(25)15-6-7-15)18(12)14-8-9-21-17(11-14)26-2/h8-11,15H,3-7H2,1-2H3,(H2,22,23,24). The Labute approximate surface area is 161 Å². The average Bonchev–Trinajstić information content (AvgIpc) is 3.40. The average molecular weight is 385 g/mol. The summed E-state index contributed by atoms with van der Waals surface area (Å²) < 4.78 is 19.9. The van der Waals surface area contributed by atoms with Gasteiger partial charge in [0, 0.05) is 17.8 Å². The molecular formula is C20H23N3O3S. The van der Waals surface area contributed by atoms with Gasteiger partial charge in [-0.15, -0.1) is 0 Å². The maximum absolute atomic E-state index is 12.5. The van der Waals surface area contributed by atoms with Crippen molar-refractivity contribution in [3.63, 3.8) is 0 Å². The van der Waals surface area contributed by atoms with E-state index in [9.17, 15) is 9.00 Å². The van der Waals surface area contributed by atoms with Gasteiger partial charge in [-0.05, 0) is 67.3 Å². The van der Waals surface area contributed by atoms with Crippen molar-refractivity contribution in [3.8, 4) is 17.0 Å². The normalized spacial score (nSPS) is 16.5. The highest BCUT2D eigenvalue weighted by Crippen LogP contribution is 2.40. The van der Waals surface area contributed by atoms with Gasteiger partial charge in [-0.1, -0.05) is 6.07 Å². The van der Waals surface area contributed by atoms with Crippen LogP contribution in [0.1, 0.15) is 36.0 Å². The number of amides is 2. The van der Waals surface area contributed by atoms with Crippen LogP contribution < -0.4 is 14.8 Å². The predicted octanol–water partition coefficient (Wildman–Crippen LogP) is 3.50. The van der Waals surface area contributed by atoms with Crippen LogP contribution in [-0.2, 0) is 23.8 Å². The lowest BCUT2D eigenvalue weighted by molar-refractivity contribution is 0.257. The lowest BCUT2D eigenvalue weighted by atomic mass is 9.93. The molecule has 2 aliphatic carbocycles. The summed E-state index contributed by atoms with van der Waals surface area (Å²) in [6.45, 7) is 2.05. The van der Waals surface area contributed by atoms with Crippen molar-refractivity contribution in [3.05, 3.63) is 41.1 Å². The maximum atomic E-state index is 12.5. The van der Waals surface area contributed by atoms with E-state index in [2.05, 4.69) is 21.1 Å². The number of carbonyl (C=O) groups is 1. The molecule has 142 valence electrons. The minimum atomic E-state index is -1.32. The molecule has 1 aromatic heterocycles. The fourth-order valence-electron chi connectivity index (χ4n) is 3.68. The summed E-state index contributed by atoms with van der Waals surface area (Å²) in [7, 11) is 0.269. The quantitative estimate of drug-likeness (QED) is 0.825. The first-order valence-electron chi connectivity index (χ1n) is 9.21. The van der Waals surface area contributed by atoms with E-state index in [0.29, 0.717) is 5.88 Å². The first kappa shape index (κ1) is 18.0. The van der Waals surface area contributed by atoms with Crippen LogP contribution in [0.3, 0.4) is 0 Å². The maximum Gasteiger partial charge on any atom is 0.331 e. The van der Waals surface area contributed by atoms with Crippen molar-refractivity contribution >= 4 is 22.7 Å². The molecule has 4 rings (SSSR count). The van der Waals surface area contributed by atoms with Gasteiger partial charge < -0.3 is 10.1 Å². The van der Waals surface area contributed by atoms with Crippen molar-refractivity contribution in [2.24, 2.45) is 0 Å². The number of aromatic nitrogens is 1. The van der Waals surface area contributed by atoms with Crippen LogP contribution in [0.2, 0.25) is 0 Å². The number of ether oxygens (including phenoxy) is 1. The molecule has 0 saturated heterocycles. The molecule has 2 aromatic rings. The topological polar surface area (TPSA) is 80.3 Å². The third-order valence-electron chi connectivity index (χ3n) is 5.09. The number of pyridine rings is 1. The Kier molecular flexibility index (Phi) is 4.86. The predicted molar refractivity (Wildman–Crippen MR) is 106 cm³/mol. The minimum absolute atomic E-state index is 0.0999. The van der Waals surface area contributed by atoms with Gasteiger partial charge >= 0.3 is 6.03 Å². The summed E-state index contributed by atoms with van der Waals surface area (Å²) in [5.41, 5.74) is 6.23. The van der Waals surface area contributed by atoms with Crippen molar-refractivity contribution in [1.29, 1.82) is 0 Å². The fourth-order valence-corrected chi connectivity index (χ4v) is 4.64. The zero-order chi connectivity index (χ0) is 19.0. The highest BCUT2D eigenvalue weighted by molar-refractivity contribution is 7.84. The molecule has 1 heterocycles. The summed E-state index contributed by atoms with van der Waals surface area (Å²) in [6.07, 6.45) is 6.53. The SMILES string of the molecule is COc1cc(-c2c(C)cc3c(c2NC(=O)NS(=O)C2CC2)CCC3)ccn1. The summed E-state index contributed by atoms with van der Waals surface area (Å²) >= 11 is 0. The second-order valence-corrected chi connectivity index (χ2v) is 8.54. The van der Waals surface area contributed by atoms with Crippen LogP contribution in [0, 0.1) is 6.92 Å². The van der Waals surface area contributed by atoms with Gasteiger partial charge in [0.15, 0.2) is 0 Å². The third-order valence-corrected chi connectivity index (χ3v) is 6.55. The van der Waals surface area contributed by atoms with Crippen LogP contribution in [-0.4, -0.2) is 27.6 Å². The molecule has 2 amide bonds. The van der Waals surface area contributed by atoms with Crippen molar-refractivity contribution in [2.75, 3.05) is 12.4 Å². The molecule has 7 heteroatoms. The number of carbonyl (C=O) groups excluding carboxylic acids is 1. The number of urea groups is 1. The highest BCUT2D eigenvalue weighted by atomic mass is 32.2. The smallest absolute Gasteiger partial charge is 0.331 e. The molecule has 0 radical (unpaired) electrons. The molecule has 0 aliphatic heterocycles. The highest BCUT2D eigenvalue weighted by Gasteiger charge is 2.30. The van der Waals surface area contributed by atoms with E-state index < -0.39 is 17.0 Å². The third kappa shape index (κ3) is 3.69. The van der Waals surface area contributed by atoms with Crippen molar-refractivity contribution in [2.45, 2.75) is 44.3 Å². The number of methoxy groups -OCH3 is 1. The van der Waals surface area contributed by atoms with Crippen LogP contribution in [0.4, 0.5) is 10.5 Å². The number of nitrogens with zero attached hydrogens (tertiary/aromatic N) is 1. The second kappa shape index (κ2) is 7.31. The molecule has 0 spiro atoms. The Morgan fingerprint density at radius 2 is 2.11 bits per heavy atom. The molecule has 2 aliphatic rings. The number of fused-ring (bicyclic) bond motifs is 1. The summed E-state index contributed by atoms with van der Waals surface area (Å²) in [6, 6.07) is 5.57. The first-order chi connectivity index (χ1) is 13.1. The Hall–Kier alpha value is -2.41. The summed E-state index contributed by atoms with van der Waals surface area (Å²) in [4.78, 5) is 16.7. The number of rotatable bonds is 5. The van der Waals surface area contributed by atoms with Crippen LogP contribution in [0.25, 0.3) is 11.1 Å². The molecular weight excluding hydrogens is 362 g/mol. The summed E-state index contributed by atoms with van der Waals surface area (Å²) in [5, 5.41) is 3.10. The van der Waals surface area contributed by atoms with E-state index in [1.165, 1.54) is 11.1 Å². The van der Waals surface area contributed by atoms with Gasteiger partial charge in [0.25, 0.3) is 0 Å². The van der Waals surface area contributed by atoms with Gasteiger partial charge in [0.2, 0.25) is 5.88 Å². The zero-order valence-corrected chi connectivity index (χ0v) is 16.3. The second-order valence-electron chi connectivity index (χ2n) is 7.07. The zero-order valence-electron chi connectivity index (χ0n) is 15.5. The fraction of sp³-hybridized carbons (Fsp3) is 0.400. The molecule has 1 unspecified atom stereocenters. The molecule has 27 heavy (non-hydrogen) atoms. The number of hydrogen-bond donors (Lipinski definition) is 2. The lowest BCUT2D eigenvalue weighted by Crippen LogP contribution is -2.32. The van der Waals surface area contributed by atoms with Gasteiger partial charge in [-0.2, -0.15) is 0 Å². The molecule has 1 aromatic carbocycles. The van der Waals surface area contributed by atoms with Crippen molar-refractivity contribution in [1.82, 2.24) is 9.71 Å². The van der Waals surface area contributed by atoms with E-state index in [4.69, 9.17) is 4.74 Å². The molecule has 1 fully saturated rings. The van der Waals surface area contributed by atoms with Crippen LogP contribution in [0.15, 0.2) is 24.4 Å². The van der Waals surface area contributed by atoms with Crippen molar-refractivity contribution < 1.29 is 13.7 Å². The molecule has 1 atom stereocenters. The van der Waals surface area contributed by atoms with E-state index in [-0.39, 0.29) is 5.25 Å². The summed E-state index contributed by atoms with van der Waals surface area (Å²) in [5.74, 6) is 0.526. The van der Waals surface area contributed by atoms with Crippen LogP contribution >= 0.6 is 0 Å². The van der Waals surface area contributed by atoms with Gasteiger partial charge in [-0.3, -0.25) is 4.72 Å². The Morgan fingerprint density at radius 1 is 1.30 bits per heavy atom. The van der Waals surface area contributed by atoms with E-state index in [1.807, 2.05) is 19.1 Å². The van der Waals surface area contributed by atoms with Gasteiger partial charge in [-0.25, -0.2) is 14.0 Å². The van der Waals surface area contributed by atoms with Gasteiger partial charge in [0.05, 0.1) is 18.0 Å². The molecule has 2 N–H and O–H groups in total. The molecule has 1 saturated carbocycles. The number of anilines is 1. The number of benzene rings is 1.